The van der Waals surface area contributed by atoms with E-state index < -0.39 is 0 Å². The van der Waals surface area contributed by atoms with Crippen molar-refractivity contribution in [2.45, 2.75) is 25.7 Å². The second-order valence-electron chi connectivity index (χ2n) is 6.26. The van der Waals surface area contributed by atoms with E-state index in [0.29, 0.717) is 12.8 Å². The largest absolute Gasteiger partial charge is 0.359 e. The summed E-state index contributed by atoms with van der Waals surface area (Å²) < 4.78 is 32.0. The lowest BCUT2D eigenvalue weighted by atomic mass is 9.88. The molecule has 0 amide bonds. The van der Waals surface area contributed by atoms with Crippen LogP contribution in [0.5, 0.6) is 0 Å². The first kappa shape index (κ1) is 15.7. The molecule has 4 rings (SSSR count). The molecule has 2 aromatic carbocycles. The Morgan fingerprint density at radius 2 is 1.56 bits per heavy atom. The van der Waals surface area contributed by atoms with Gasteiger partial charge in [-0.25, -0.2) is 13.8 Å². The van der Waals surface area contributed by atoms with Crippen molar-refractivity contribution in [3.05, 3.63) is 82.7 Å². The summed E-state index contributed by atoms with van der Waals surface area (Å²) in [6.07, 6.45) is 1.29. The number of aliphatic imine (C=N–C) groups is 1. The van der Waals surface area contributed by atoms with E-state index in [1.165, 1.54) is 24.3 Å². The lowest BCUT2D eigenvalue weighted by molar-refractivity contribution is 0.373. The van der Waals surface area contributed by atoms with Gasteiger partial charge >= 0.3 is 0 Å². The molecule has 1 aliphatic rings. The van der Waals surface area contributed by atoms with Crippen molar-refractivity contribution in [1.82, 2.24) is 5.16 Å². The van der Waals surface area contributed by atoms with Gasteiger partial charge in [0.1, 0.15) is 23.0 Å². The highest BCUT2D eigenvalue weighted by molar-refractivity contribution is 6.03. The van der Waals surface area contributed by atoms with Crippen LogP contribution in [0.15, 0.2) is 58.0 Å². The lowest BCUT2D eigenvalue weighted by Crippen LogP contribution is -2.09. The quantitative estimate of drug-likeness (QED) is 0.651. The molecule has 3 nitrogen and oxygen atoms in total. The highest BCUT2D eigenvalue weighted by Gasteiger charge is 2.26. The van der Waals surface area contributed by atoms with Crippen LogP contribution < -0.4 is 0 Å². The molecule has 1 unspecified atom stereocenters. The molecule has 1 aliphatic heterocycles. The van der Waals surface area contributed by atoms with Crippen molar-refractivity contribution in [2.24, 2.45) is 4.99 Å². The Morgan fingerprint density at radius 1 is 0.920 bits per heavy atom. The number of hydrogen-bond acceptors (Lipinski definition) is 3. The van der Waals surface area contributed by atoms with Crippen LogP contribution in [0.2, 0.25) is 0 Å². The first-order chi connectivity index (χ1) is 12.1. The molecule has 0 spiro atoms. The van der Waals surface area contributed by atoms with Gasteiger partial charge in [-0.05, 0) is 54.7 Å². The number of halogens is 2. The Hall–Kier alpha value is -2.82. The van der Waals surface area contributed by atoms with E-state index in [4.69, 9.17) is 9.52 Å². The van der Waals surface area contributed by atoms with Crippen molar-refractivity contribution >= 4 is 11.4 Å². The maximum Gasteiger partial charge on any atom is 0.163 e. The van der Waals surface area contributed by atoms with Crippen molar-refractivity contribution < 1.29 is 13.3 Å². The molecule has 0 bridgehead atoms. The van der Waals surface area contributed by atoms with E-state index in [-0.39, 0.29) is 17.6 Å². The second kappa shape index (κ2) is 6.24. The van der Waals surface area contributed by atoms with Gasteiger partial charge in [0.2, 0.25) is 0 Å². The minimum Gasteiger partial charge on any atom is -0.359 e. The van der Waals surface area contributed by atoms with Crippen LogP contribution >= 0.6 is 0 Å². The first-order valence-corrected chi connectivity index (χ1v) is 8.14. The normalized spacial score (nSPS) is 16.9. The van der Waals surface area contributed by atoms with Gasteiger partial charge in [-0.1, -0.05) is 29.4 Å². The van der Waals surface area contributed by atoms with E-state index in [1.54, 1.807) is 24.3 Å². The minimum atomic E-state index is -0.282. The van der Waals surface area contributed by atoms with Crippen LogP contribution in [0.4, 0.5) is 14.5 Å². The van der Waals surface area contributed by atoms with Crippen LogP contribution in [0.3, 0.4) is 0 Å². The van der Waals surface area contributed by atoms with Crippen LogP contribution in [0.1, 0.15) is 34.9 Å². The molecule has 25 heavy (non-hydrogen) atoms. The highest BCUT2D eigenvalue weighted by atomic mass is 19.1. The topological polar surface area (TPSA) is 38.4 Å². The zero-order chi connectivity index (χ0) is 17.4. The van der Waals surface area contributed by atoms with Gasteiger partial charge in [0.05, 0.1) is 0 Å². The summed E-state index contributed by atoms with van der Waals surface area (Å²) in [6, 6.07) is 12.8. The molecule has 2 heterocycles. The molecule has 126 valence electrons. The van der Waals surface area contributed by atoms with Crippen molar-refractivity contribution in [2.75, 3.05) is 0 Å². The Kier molecular flexibility index (Phi) is 3.92. The average molecular weight is 338 g/mol. The van der Waals surface area contributed by atoms with Crippen LogP contribution in [-0.2, 0) is 6.42 Å². The number of hydrogen-bond donors (Lipinski definition) is 0. The Labute approximate surface area is 144 Å². The standard InChI is InChI=1S/C20H16F2N2O/c1-12-20-19(25-24-12)11-15(13-2-6-16(21)7-3-13)10-18(23-20)14-4-8-17(22)9-5-14/h2-9,15H,10-11H2,1H3. The maximum atomic E-state index is 13.3. The first-order valence-electron chi connectivity index (χ1n) is 8.14. The Morgan fingerprint density at radius 3 is 2.24 bits per heavy atom. The van der Waals surface area contributed by atoms with E-state index in [9.17, 15) is 8.78 Å². The molecule has 1 atom stereocenters. The molecule has 5 heteroatoms. The number of rotatable bonds is 2. The third-order valence-electron chi connectivity index (χ3n) is 4.54. The summed E-state index contributed by atoms with van der Waals surface area (Å²) >= 11 is 0. The van der Waals surface area contributed by atoms with Gasteiger partial charge in [0.25, 0.3) is 0 Å². The van der Waals surface area contributed by atoms with Crippen molar-refractivity contribution in [3.8, 4) is 0 Å². The number of aryl methyl sites for hydroxylation is 1. The lowest BCUT2D eigenvalue weighted by Gasteiger charge is -2.15. The zero-order valence-corrected chi connectivity index (χ0v) is 13.7. The molecular weight excluding hydrogens is 322 g/mol. The van der Waals surface area contributed by atoms with Gasteiger partial charge in [0.15, 0.2) is 5.76 Å². The van der Waals surface area contributed by atoms with Crippen molar-refractivity contribution in [3.63, 3.8) is 0 Å². The number of benzene rings is 2. The summed E-state index contributed by atoms with van der Waals surface area (Å²) in [5.41, 5.74) is 4.19. The van der Waals surface area contributed by atoms with Gasteiger partial charge in [-0.3, -0.25) is 0 Å². The SMILES string of the molecule is Cc1noc2c1N=C(c1ccc(F)cc1)CC(c1ccc(F)cc1)C2. The Balaban J connectivity index is 1.79. The summed E-state index contributed by atoms with van der Waals surface area (Å²) in [6.45, 7) is 1.85. The third kappa shape index (κ3) is 3.09. The van der Waals surface area contributed by atoms with Crippen LogP contribution in [0, 0.1) is 18.6 Å². The molecule has 0 aliphatic carbocycles. The zero-order valence-electron chi connectivity index (χ0n) is 13.7. The van der Waals surface area contributed by atoms with E-state index in [1.807, 2.05) is 6.92 Å². The monoisotopic (exact) mass is 338 g/mol. The Bertz CT molecular complexity index is 927. The van der Waals surface area contributed by atoms with E-state index in [2.05, 4.69) is 5.16 Å². The van der Waals surface area contributed by atoms with Crippen LogP contribution in [-0.4, -0.2) is 10.9 Å². The summed E-state index contributed by atoms with van der Waals surface area (Å²) in [7, 11) is 0. The smallest absolute Gasteiger partial charge is 0.163 e. The van der Waals surface area contributed by atoms with Crippen molar-refractivity contribution in [1.29, 1.82) is 0 Å². The predicted octanol–water partition coefficient (Wildman–Crippen LogP) is 5.11. The van der Waals surface area contributed by atoms with Gasteiger partial charge < -0.3 is 4.52 Å². The van der Waals surface area contributed by atoms with Gasteiger partial charge in [-0.15, -0.1) is 0 Å². The summed E-state index contributed by atoms with van der Waals surface area (Å²) in [4.78, 5) is 4.76. The number of nitrogens with zero attached hydrogens (tertiary/aromatic N) is 2. The molecular formula is C20H16F2N2O. The second-order valence-corrected chi connectivity index (χ2v) is 6.26. The predicted molar refractivity (Wildman–Crippen MR) is 91.3 cm³/mol. The molecule has 0 saturated heterocycles. The van der Waals surface area contributed by atoms with E-state index in [0.717, 1.165) is 34.0 Å². The van der Waals surface area contributed by atoms with Crippen LogP contribution in [0.25, 0.3) is 0 Å². The maximum absolute atomic E-state index is 13.3. The number of fused-ring (bicyclic) bond motifs is 1. The highest BCUT2D eigenvalue weighted by Crippen LogP contribution is 2.36. The summed E-state index contributed by atoms with van der Waals surface area (Å²) in [5.74, 6) is 0.262. The van der Waals surface area contributed by atoms with E-state index >= 15 is 0 Å². The fraction of sp³-hybridized carbons (Fsp3) is 0.200. The fourth-order valence-electron chi connectivity index (χ4n) is 3.19. The van der Waals surface area contributed by atoms with Gasteiger partial charge in [0, 0.05) is 12.1 Å². The molecule has 0 saturated carbocycles. The minimum absolute atomic E-state index is 0.0815. The molecule has 0 fully saturated rings. The van der Waals surface area contributed by atoms with Gasteiger partial charge in [-0.2, -0.15) is 0 Å². The average Bonchev–Trinajstić information content (AvgIpc) is 2.84. The fourth-order valence-corrected chi connectivity index (χ4v) is 3.19. The molecule has 3 aromatic rings. The third-order valence-corrected chi connectivity index (χ3v) is 4.54. The summed E-state index contributed by atoms with van der Waals surface area (Å²) in [5, 5.41) is 4.02. The number of aromatic nitrogens is 1. The molecule has 1 aromatic heterocycles. The molecule has 0 radical (unpaired) electrons. The molecule has 0 N–H and O–H groups in total.